The summed E-state index contributed by atoms with van der Waals surface area (Å²) in [5.41, 5.74) is 3.29. The number of aromatic nitrogens is 6. The van der Waals surface area contributed by atoms with E-state index in [2.05, 4.69) is 43.3 Å². The third kappa shape index (κ3) is 2.49. The average molecular weight is 314 g/mol. The Hall–Kier alpha value is -1.89. The first kappa shape index (κ1) is 13.8. The van der Waals surface area contributed by atoms with Gasteiger partial charge in [0, 0.05) is 18.8 Å². The van der Waals surface area contributed by atoms with E-state index in [1.165, 1.54) is 18.4 Å². The number of thioether (sulfide) groups is 1. The summed E-state index contributed by atoms with van der Waals surface area (Å²) in [6.07, 6.45) is 2.53. The van der Waals surface area contributed by atoms with E-state index < -0.39 is 0 Å². The zero-order valence-electron chi connectivity index (χ0n) is 12.7. The maximum atomic E-state index is 4.33. The second-order valence-corrected chi connectivity index (χ2v) is 6.78. The van der Waals surface area contributed by atoms with Gasteiger partial charge in [-0.1, -0.05) is 11.3 Å². The summed E-state index contributed by atoms with van der Waals surface area (Å²) in [6, 6.07) is 6.99. The lowest BCUT2D eigenvalue weighted by atomic mass is 10.2. The van der Waals surface area contributed by atoms with Crippen LogP contribution in [0.2, 0.25) is 0 Å². The molecule has 2 heterocycles. The number of aryl methyl sites for hydroxylation is 2. The van der Waals surface area contributed by atoms with Crippen LogP contribution in [0.1, 0.15) is 36.1 Å². The van der Waals surface area contributed by atoms with E-state index in [0.717, 1.165) is 34.2 Å². The van der Waals surface area contributed by atoms with Gasteiger partial charge in [-0.15, -0.1) is 27.1 Å². The Morgan fingerprint density at radius 1 is 1.18 bits per heavy atom. The third-order valence-electron chi connectivity index (χ3n) is 4.02. The second-order valence-electron chi connectivity index (χ2n) is 5.79. The minimum absolute atomic E-state index is 0.640. The van der Waals surface area contributed by atoms with Crippen molar-refractivity contribution in [3.05, 3.63) is 35.4 Å². The van der Waals surface area contributed by atoms with Crippen molar-refractivity contribution in [3.63, 3.8) is 0 Å². The van der Waals surface area contributed by atoms with Gasteiger partial charge < -0.3 is 4.57 Å². The van der Waals surface area contributed by atoms with Gasteiger partial charge in [0.25, 0.3) is 0 Å². The lowest BCUT2D eigenvalue weighted by Crippen LogP contribution is -2.02. The maximum Gasteiger partial charge on any atom is 0.143 e. The van der Waals surface area contributed by atoms with Crippen LogP contribution in [0.4, 0.5) is 0 Å². The van der Waals surface area contributed by atoms with Gasteiger partial charge in [-0.05, 0) is 37.5 Å². The summed E-state index contributed by atoms with van der Waals surface area (Å²) in [7, 11) is 1.91. The Bertz CT molecular complexity index is 817. The third-order valence-corrected chi connectivity index (χ3v) is 5.02. The highest BCUT2D eigenvalue weighted by Crippen LogP contribution is 2.37. The minimum atomic E-state index is 0.640. The smallest absolute Gasteiger partial charge is 0.143 e. The highest BCUT2D eigenvalue weighted by atomic mass is 32.2. The molecule has 0 atom stereocenters. The number of benzene rings is 1. The monoisotopic (exact) mass is 314 g/mol. The summed E-state index contributed by atoms with van der Waals surface area (Å²) in [5, 5.41) is 16.8. The van der Waals surface area contributed by atoms with Crippen molar-refractivity contribution in [2.24, 2.45) is 7.05 Å². The Balaban J connectivity index is 1.43. The Labute approximate surface area is 132 Å². The molecule has 0 bridgehead atoms. The number of nitrogens with zero attached hydrogens (tertiary/aromatic N) is 6. The van der Waals surface area contributed by atoms with Crippen LogP contribution in [0.25, 0.3) is 11.0 Å². The topological polar surface area (TPSA) is 61.4 Å². The molecule has 6 nitrogen and oxygen atoms in total. The van der Waals surface area contributed by atoms with Crippen molar-refractivity contribution in [2.75, 3.05) is 0 Å². The van der Waals surface area contributed by atoms with E-state index >= 15 is 0 Å². The lowest BCUT2D eigenvalue weighted by molar-refractivity contribution is 0.683. The van der Waals surface area contributed by atoms with Gasteiger partial charge in [-0.3, -0.25) is 0 Å². The first-order chi connectivity index (χ1) is 10.7. The van der Waals surface area contributed by atoms with Gasteiger partial charge in [0.1, 0.15) is 17.2 Å². The molecule has 1 aromatic carbocycles. The lowest BCUT2D eigenvalue weighted by Gasteiger charge is -2.06. The van der Waals surface area contributed by atoms with Crippen LogP contribution >= 0.6 is 11.8 Å². The van der Waals surface area contributed by atoms with Crippen molar-refractivity contribution in [3.8, 4) is 0 Å². The first-order valence-corrected chi connectivity index (χ1v) is 8.64. The molecule has 0 N–H and O–H groups in total. The number of fused-ring (bicyclic) bond motifs is 1. The molecule has 1 fully saturated rings. The molecular weight excluding hydrogens is 296 g/mol. The van der Waals surface area contributed by atoms with Crippen LogP contribution in [0.3, 0.4) is 0 Å². The van der Waals surface area contributed by atoms with Gasteiger partial charge in [-0.25, -0.2) is 4.68 Å². The molecule has 0 amide bonds. The highest BCUT2D eigenvalue weighted by Gasteiger charge is 2.27. The molecule has 22 heavy (non-hydrogen) atoms. The van der Waals surface area contributed by atoms with Crippen LogP contribution in [0.15, 0.2) is 18.2 Å². The molecule has 4 rings (SSSR count). The van der Waals surface area contributed by atoms with Crippen molar-refractivity contribution in [1.82, 2.24) is 29.8 Å². The normalized spacial score (nSPS) is 14.8. The van der Waals surface area contributed by atoms with E-state index in [1.807, 2.05) is 25.7 Å². The largest absolute Gasteiger partial charge is 0.311 e. The van der Waals surface area contributed by atoms with Crippen LogP contribution in [-0.2, 0) is 18.6 Å². The Morgan fingerprint density at radius 3 is 2.86 bits per heavy atom. The summed E-state index contributed by atoms with van der Waals surface area (Å²) in [5.74, 6) is 3.99. The molecule has 0 saturated heterocycles. The van der Waals surface area contributed by atoms with Crippen LogP contribution < -0.4 is 0 Å². The molecule has 3 aromatic rings. The van der Waals surface area contributed by atoms with E-state index in [0.29, 0.717) is 6.04 Å². The standard InChI is InChI=1S/C15H18N6S/c1-10-16-18-15(21(10)12-4-5-12)9-22-8-11-3-6-14-13(7-11)17-19-20(14)2/h3,6-7,12H,4-5,8-9H2,1-2H3. The molecule has 0 radical (unpaired) electrons. The number of hydrogen-bond acceptors (Lipinski definition) is 5. The molecule has 114 valence electrons. The molecule has 1 aliphatic carbocycles. The predicted octanol–water partition coefficient (Wildman–Crippen LogP) is 2.64. The molecular formula is C15H18N6S. The Kier molecular flexibility index (Phi) is 3.37. The molecule has 0 spiro atoms. The predicted molar refractivity (Wildman–Crippen MR) is 86.5 cm³/mol. The molecule has 7 heteroatoms. The maximum absolute atomic E-state index is 4.33. The summed E-state index contributed by atoms with van der Waals surface area (Å²) >= 11 is 1.87. The SMILES string of the molecule is Cc1nnc(CSCc2ccc3c(c2)nnn3C)n1C1CC1. The minimum Gasteiger partial charge on any atom is -0.311 e. The molecule has 1 aliphatic rings. The van der Waals surface area contributed by atoms with Gasteiger partial charge in [-0.2, -0.15) is 0 Å². The van der Waals surface area contributed by atoms with E-state index in [-0.39, 0.29) is 0 Å². The van der Waals surface area contributed by atoms with E-state index in [4.69, 9.17) is 0 Å². The fraction of sp³-hybridized carbons (Fsp3) is 0.467. The second kappa shape index (κ2) is 5.39. The Morgan fingerprint density at radius 2 is 2.05 bits per heavy atom. The van der Waals surface area contributed by atoms with Crippen molar-refractivity contribution in [1.29, 1.82) is 0 Å². The molecule has 2 aromatic heterocycles. The van der Waals surface area contributed by atoms with Crippen molar-refractivity contribution < 1.29 is 0 Å². The van der Waals surface area contributed by atoms with Crippen LogP contribution in [0, 0.1) is 6.92 Å². The first-order valence-electron chi connectivity index (χ1n) is 7.49. The average Bonchev–Trinajstić information content (AvgIpc) is 3.19. The van der Waals surface area contributed by atoms with Crippen molar-refractivity contribution in [2.45, 2.75) is 37.3 Å². The fourth-order valence-electron chi connectivity index (χ4n) is 2.76. The van der Waals surface area contributed by atoms with Gasteiger partial charge in [0.15, 0.2) is 0 Å². The zero-order chi connectivity index (χ0) is 15.1. The van der Waals surface area contributed by atoms with E-state index in [9.17, 15) is 0 Å². The summed E-state index contributed by atoms with van der Waals surface area (Å²) in [6.45, 7) is 2.04. The molecule has 0 unspecified atom stereocenters. The fourth-order valence-corrected chi connectivity index (χ4v) is 3.65. The van der Waals surface area contributed by atoms with Crippen molar-refractivity contribution >= 4 is 22.8 Å². The van der Waals surface area contributed by atoms with Gasteiger partial charge in [0.05, 0.1) is 11.3 Å². The molecule has 0 aliphatic heterocycles. The van der Waals surface area contributed by atoms with Crippen LogP contribution in [0.5, 0.6) is 0 Å². The summed E-state index contributed by atoms with van der Waals surface area (Å²) < 4.78 is 4.10. The molecule has 1 saturated carbocycles. The zero-order valence-corrected chi connectivity index (χ0v) is 13.5. The number of hydrogen-bond donors (Lipinski definition) is 0. The number of rotatable bonds is 5. The quantitative estimate of drug-likeness (QED) is 0.724. The summed E-state index contributed by atoms with van der Waals surface area (Å²) in [4.78, 5) is 0. The van der Waals surface area contributed by atoms with Crippen LogP contribution in [-0.4, -0.2) is 29.8 Å². The van der Waals surface area contributed by atoms with Gasteiger partial charge in [0.2, 0.25) is 0 Å². The van der Waals surface area contributed by atoms with E-state index in [1.54, 1.807) is 4.68 Å². The highest BCUT2D eigenvalue weighted by molar-refractivity contribution is 7.97. The van der Waals surface area contributed by atoms with Gasteiger partial charge >= 0.3 is 0 Å².